The fourth-order valence-corrected chi connectivity index (χ4v) is 4.28. The maximum atomic E-state index is 14.6. The van der Waals surface area contributed by atoms with Crippen molar-refractivity contribution in [2.75, 3.05) is 5.32 Å². The van der Waals surface area contributed by atoms with Crippen LogP contribution in [-0.2, 0) is 37.8 Å². The van der Waals surface area contributed by atoms with E-state index in [9.17, 15) is 31.5 Å². The van der Waals surface area contributed by atoms with Gasteiger partial charge in [-0.15, -0.1) is 28.5 Å². The first-order valence-electron chi connectivity index (χ1n) is 11.9. The van der Waals surface area contributed by atoms with Crippen molar-refractivity contribution in [3.63, 3.8) is 0 Å². The van der Waals surface area contributed by atoms with E-state index in [4.69, 9.17) is 0 Å². The molecule has 12 nitrogen and oxygen atoms in total. The summed E-state index contributed by atoms with van der Waals surface area (Å²) < 4.78 is 72.3. The van der Waals surface area contributed by atoms with E-state index < -0.39 is 36.6 Å². The van der Waals surface area contributed by atoms with Crippen LogP contribution in [0.25, 0.3) is 0 Å². The number of amides is 2. The van der Waals surface area contributed by atoms with Gasteiger partial charge in [-0.1, -0.05) is 16.6 Å². The fourth-order valence-electron chi connectivity index (χ4n) is 3.51. The monoisotopic (exact) mass is 599 g/mol. The van der Waals surface area contributed by atoms with E-state index in [0.29, 0.717) is 10.7 Å². The Labute approximate surface area is 232 Å². The molecule has 2 amide bonds. The van der Waals surface area contributed by atoms with Gasteiger partial charge in [-0.3, -0.25) is 9.59 Å². The Bertz CT molecular complexity index is 1500. The third-order valence-corrected chi connectivity index (χ3v) is 6.23. The van der Waals surface area contributed by atoms with Crippen molar-refractivity contribution in [2.45, 2.75) is 44.9 Å². The average Bonchev–Trinajstić information content (AvgIpc) is 3.64. The Morgan fingerprint density at radius 3 is 2.71 bits per heavy atom. The summed E-state index contributed by atoms with van der Waals surface area (Å²) in [4.78, 5) is 28.5. The van der Waals surface area contributed by atoms with Crippen molar-refractivity contribution in [1.29, 1.82) is 0 Å². The summed E-state index contributed by atoms with van der Waals surface area (Å²) in [5.41, 5.74) is 0.154. The van der Waals surface area contributed by atoms with E-state index in [1.165, 1.54) is 6.20 Å². The third kappa shape index (κ3) is 9.02. The van der Waals surface area contributed by atoms with Crippen molar-refractivity contribution < 1.29 is 36.3 Å². The molecule has 1 unspecified atom stereocenters. The van der Waals surface area contributed by atoms with Crippen LogP contribution in [-0.4, -0.2) is 59.1 Å². The Balaban J connectivity index is 1.21. The number of aromatic nitrogens is 7. The molecule has 41 heavy (non-hydrogen) atoms. The predicted molar refractivity (Wildman–Crippen MR) is 133 cm³/mol. The number of halogens is 5. The first kappa shape index (κ1) is 29.5. The van der Waals surface area contributed by atoms with Crippen LogP contribution < -0.4 is 15.4 Å². The fraction of sp³-hybridized carbons (Fsp3) is 0.348. The van der Waals surface area contributed by atoms with Crippen LogP contribution in [0.3, 0.4) is 0 Å². The summed E-state index contributed by atoms with van der Waals surface area (Å²) in [6, 6.07) is 2.40. The van der Waals surface area contributed by atoms with Crippen LogP contribution >= 0.6 is 11.3 Å². The van der Waals surface area contributed by atoms with Crippen LogP contribution in [0, 0.1) is 5.82 Å². The lowest BCUT2D eigenvalue weighted by molar-refractivity contribution is -0.274. The quantitative estimate of drug-likeness (QED) is 0.237. The van der Waals surface area contributed by atoms with E-state index in [1.54, 1.807) is 24.1 Å². The number of carbonyl (C=O) groups excluding carboxylic acids is 2. The minimum Gasteiger partial charge on any atom is -0.406 e. The molecule has 2 N–H and O–H groups in total. The molecule has 0 aliphatic carbocycles. The Hall–Kier alpha value is -4.48. The molecule has 0 aliphatic rings. The summed E-state index contributed by atoms with van der Waals surface area (Å²) in [5, 5.41) is 20.9. The highest BCUT2D eigenvalue weighted by Crippen LogP contribution is 2.25. The number of hydrogen-bond acceptors (Lipinski definition) is 9. The zero-order chi connectivity index (χ0) is 29.6. The summed E-state index contributed by atoms with van der Waals surface area (Å²) in [7, 11) is 1.79. The van der Waals surface area contributed by atoms with Gasteiger partial charge in [0.15, 0.2) is 5.69 Å². The molecular formula is C23H22F5N9O3S. The topological polar surface area (TPSA) is 142 Å². The van der Waals surface area contributed by atoms with Crippen molar-refractivity contribution in [2.24, 2.45) is 7.05 Å². The molecule has 0 fully saturated rings. The van der Waals surface area contributed by atoms with Gasteiger partial charge in [0.1, 0.15) is 22.7 Å². The largest absolute Gasteiger partial charge is 0.573 e. The molecule has 0 bridgehead atoms. The number of rotatable bonds is 12. The molecule has 3 heterocycles. The van der Waals surface area contributed by atoms with Gasteiger partial charge in [0.05, 0.1) is 31.2 Å². The van der Waals surface area contributed by atoms with Gasteiger partial charge in [-0.25, -0.2) is 18.4 Å². The van der Waals surface area contributed by atoms with Crippen LogP contribution in [0.4, 0.5) is 27.1 Å². The molecule has 0 saturated carbocycles. The molecule has 1 aromatic carbocycles. The second kappa shape index (κ2) is 12.8. The lowest BCUT2D eigenvalue weighted by atomic mass is 10.2. The van der Waals surface area contributed by atoms with Crippen molar-refractivity contribution in [3.8, 4) is 5.75 Å². The molecule has 1 atom stereocenters. The van der Waals surface area contributed by atoms with Gasteiger partial charge < -0.3 is 19.9 Å². The normalized spacial score (nSPS) is 12.2. The summed E-state index contributed by atoms with van der Waals surface area (Å²) >= 11 is 1.12. The van der Waals surface area contributed by atoms with Gasteiger partial charge in [0.25, 0.3) is 5.91 Å². The van der Waals surface area contributed by atoms with E-state index in [2.05, 4.69) is 40.9 Å². The van der Waals surface area contributed by atoms with Crippen LogP contribution in [0.5, 0.6) is 5.75 Å². The highest BCUT2D eigenvalue weighted by molar-refractivity contribution is 7.15. The molecule has 0 radical (unpaired) electrons. The SMILES string of the molecule is Cn1cnc(CC(=O)Nc2nnc(CCC(F)Cn3cc(C(=O)NCc4cc(OC(F)(F)F)ccc4F)nn3)s2)c1. The zero-order valence-electron chi connectivity index (χ0n) is 21.2. The van der Waals surface area contributed by atoms with Crippen LogP contribution in [0.15, 0.2) is 36.9 Å². The minimum atomic E-state index is -4.95. The number of nitrogens with zero attached hydrogens (tertiary/aromatic N) is 7. The summed E-state index contributed by atoms with van der Waals surface area (Å²) in [6.07, 6.45) is -1.50. The van der Waals surface area contributed by atoms with Crippen molar-refractivity contribution in [1.82, 2.24) is 40.1 Å². The molecule has 4 aromatic rings. The van der Waals surface area contributed by atoms with Gasteiger partial charge in [-0.05, 0) is 24.6 Å². The number of alkyl halides is 4. The second-order valence-electron chi connectivity index (χ2n) is 8.70. The first-order chi connectivity index (χ1) is 19.4. The van der Waals surface area contributed by atoms with E-state index in [1.807, 2.05) is 0 Å². The number of anilines is 1. The Kier molecular flexibility index (Phi) is 9.21. The second-order valence-corrected chi connectivity index (χ2v) is 9.76. The summed E-state index contributed by atoms with van der Waals surface area (Å²) in [6.45, 7) is -0.677. The Morgan fingerprint density at radius 1 is 1.17 bits per heavy atom. The number of hydrogen-bond donors (Lipinski definition) is 2. The van der Waals surface area contributed by atoms with Crippen molar-refractivity contribution >= 4 is 28.3 Å². The number of aryl methyl sites for hydroxylation is 2. The van der Waals surface area contributed by atoms with E-state index in [0.717, 1.165) is 34.2 Å². The molecule has 0 spiro atoms. The van der Waals surface area contributed by atoms with Crippen molar-refractivity contribution in [3.05, 3.63) is 64.7 Å². The highest BCUT2D eigenvalue weighted by atomic mass is 32.1. The standard InChI is InChI=1S/C23H22F5N9O3S/c1-36-10-15(30-12-36)7-19(38)31-22-34-33-20(41-22)5-2-14(24)9-37-11-18(32-35-37)21(39)29-8-13-6-16(3-4-17(13)25)40-23(26,27)28/h3-4,6,10-12,14H,2,5,7-9H2,1H3,(H,29,39)(H,31,34,38). The van der Waals surface area contributed by atoms with Gasteiger partial charge >= 0.3 is 6.36 Å². The highest BCUT2D eigenvalue weighted by Gasteiger charge is 2.31. The third-order valence-electron chi connectivity index (χ3n) is 5.33. The maximum Gasteiger partial charge on any atom is 0.573 e. The van der Waals surface area contributed by atoms with E-state index in [-0.39, 0.29) is 48.1 Å². The number of benzene rings is 1. The van der Waals surface area contributed by atoms with Crippen LogP contribution in [0.2, 0.25) is 0 Å². The lowest BCUT2D eigenvalue weighted by Gasteiger charge is -2.11. The molecule has 3 aromatic heterocycles. The van der Waals surface area contributed by atoms with Gasteiger partial charge in [-0.2, -0.15) is 0 Å². The number of nitrogens with one attached hydrogen (secondary N) is 2. The smallest absolute Gasteiger partial charge is 0.406 e. The van der Waals surface area contributed by atoms with Gasteiger partial charge in [0.2, 0.25) is 11.0 Å². The first-order valence-corrected chi connectivity index (χ1v) is 12.7. The van der Waals surface area contributed by atoms with Crippen LogP contribution in [0.1, 0.15) is 33.2 Å². The van der Waals surface area contributed by atoms with E-state index >= 15 is 0 Å². The molecule has 4 rings (SSSR count). The molecule has 18 heteroatoms. The number of ether oxygens (including phenoxy) is 1. The lowest BCUT2D eigenvalue weighted by Crippen LogP contribution is -2.24. The zero-order valence-corrected chi connectivity index (χ0v) is 22.0. The minimum absolute atomic E-state index is 0.0491. The average molecular weight is 600 g/mol. The molecular weight excluding hydrogens is 577 g/mol. The van der Waals surface area contributed by atoms with Gasteiger partial charge in [0, 0.05) is 31.8 Å². The molecule has 218 valence electrons. The maximum absolute atomic E-state index is 14.6. The Morgan fingerprint density at radius 2 is 1.98 bits per heavy atom. The predicted octanol–water partition coefficient (Wildman–Crippen LogP) is 2.98. The number of imidazole rings is 1. The molecule has 0 aliphatic heterocycles. The molecule has 0 saturated heterocycles. The number of carbonyl (C=O) groups is 2. The summed E-state index contributed by atoms with van der Waals surface area (Å²) in [5.74, 6) is -2.59.